The second kappa shape index (κ2) is 7.68. The fraction of sp³-hybridized carbons (Fsp3) is 0.462. The Bertz CT molecular complexity index is 352. The molecule has 4 heteroatoms. The molecule has 0 aliphatic heterocycles. The van der Waals surface area contributed by atoms with Crippen molar-refractivity contribution in [1.82, 2.24) is 0 Å². The monoisotopic (exact) mass is 237 g/mol. The zero-order valence-corrected chi connectivity index (χ0v) is 10.1. The van der Waals surface area contributed by atoms with Gasteiger partial charge in [0.05, 0.1) is 5.56 Å². The van der Waals surface area contributed by atoms with Gasteiger partial charge in [-0.2, -0.15) is 0 Å². The van der Waals surface area contributed by atoms with Crippen LogP contribution in [0.3, 0.4) is 0 Å². The molecule has 0 unspecified atom stereocenters. The molecule has 0 saturated heterocycles. The molecule has 1 aromatic carbocycles. The van der Waals surface area contributed by atoms with Gasteiger partial charge in [0.1, 0.15) is 0 Å². The maximum atomic E-state index is 10.9. The molecule has 17 heavy (non-hydrogen) atoms. The van der Waals surface area contributed by atoms with Crippen LogP contribution < -0.4 is 5.32 Å². The highest BCUT2D eigenvalue weighted by Crippen LogP contribution is 2.14. The molecule has 0 aliphatic rings. The van der Waals surface area contributed by atoms with Gasteiger partial charge in [-0.25, -0.2) is 4.79 Å². The smallest absolute Gasteiger partial charge is 0.337 e. The molecule has 0 radical (unpaired) electrons. The number of para-hydroxylation sites is 1. The van der Waals surface area contributed by atoms with Crippen molar-refractivity contribution in [3.8, 4) is 0 Å². The first-order valence-corrected chi connectivity index (χ1v) is 5.81. The lowest BCUT2D eigenvalue weighted by atomic mass is 10.1. The summed E-state index contributed by atoms with van der Waals surface area (Å²) < 4.78 is 4.96. The summed E-state index contributed by atoms with van der Waals surface area (Å²) in [4.78, 5) is 10.9. The summed E-state index contributed by atoms with van der Waals surface area (Å²) in [7, 11) is 1.70. The molecule has 0 aromatic heterocycles. The molecule has 0 bridgehead atoms. The number of anilines is 1. The predicted octanol–water partition coefficient (Wildman–Crippen LogP) is 2.61. The molecule has 94 valence electrons. The molecule has 0 atom stereocenters. The van der Waals surface area contributed by atoms with E-state index in [-0.39, 0.29) is 0 Å². The lowest BCUT2D eigenvalue weighted by Crippen LogP contribution is -2.07. The van der Waals surface area contributed by atoms with Crippen LogP contribution in [0.5, 0.6) is 0 Å². The van der Waals surface area contributed by atoms with E-state index < -0.39 is 5.97 Å². The molecule has 4 nitrogen and oxygen atoms in total. The van der Waals surface area contributed by atoms with Crippen molar-refractivity contribution < 1.29 is 14.6 Å². The van der Waals surface area contributed by atoms with Gasteiger partial charge in [0, 0.05) is 25.9 Å². The molecule has 2 N–H and O–H groups in total. The van der Waals surface area contributed by atoms with E-state index in [9.17, 15) is 4.79 Å². The van der Waals surface area contributed by atoms with Crippen molar-refractivity contribution >= 4 is 11.7 Å². The summed E-state index contributed by atoms with van der Waals surface area (Å²) in [6, 6.07) is 6.96. The summed E-state index contributed by atoms with van der Waals surface area (Å²) in [6.07, 6.45) is 3.13. The normalized spacial score (nSPS) is 10.2. The van der Waals surface area contributed by atoms with Crippen LogP contribution in [-0.4, -0.2) is 31.3 Å². The topological polar surface area (TPSA) is 58.6 Å². The first-order chi connectivity index (χ1) is 8.25. The van der Waals surface area contributed by atoms with Crippen LogP contribution in [0.15, 0.2) is 24.3 Å². The number of carboxylic acid groups (broad SMARTS) is 1. The standard InChI is InChI=1S/C13H19NO3/c1-17-10-6-2-5-9-14-12-8-4-3-7-11(12)13(15)16/h3-4,7-8,14H,2,5-6,9-10H2,1H3,(H,15,16). The van der Waals surface area contributed by atoms with Crippen LogP contribution in [0.4, 0.5) is 5.69 Å². The number of unbranched alkanes of at least 4 members (excludes halogenated alkanes) is 2. The molecular formula is C13H19NO3. The Kier molecular flexibility index (Phi) is 6.10. The van der Waals surface area contributed by atoms with E-state index in [2.05, 4.69) is 5.32 Å². The molecule has 1 aromatic rings. The number of ether oxygens (including phenoxy) is 1. The number of methoxy groups -OCH3 is 1. The lowest BCUT2D eigenvalue weighted by molar-refractivity contribution is 0.0698. The third-order valence-corrected chi connectivity index (χ3v) is 2.50. The van der Waals surface area contributed by atoms with Gasteiger partial charge in [0.25, 0.3) is 0 Å². The van der Waals surface area contributed by atoms with Crippen molar-refractivity contribution in [2.45, 2.75) is 19.3 Å². The second-order valence-corrected chi connectivity index (χ2v) is 3.83. The quantitative estimate of drug-likeness (QED) is 0.682. The summed E-state index contributed by atoms with van der Waals surface area (Å²) in [5, 5.41) is 12.1. The van der Waals surface area contributed by atoms with E-state index in [0.29, 0.717) is 11.3 Å². The Morgan fingerprint density at radius 2 is 2.06 bits per heavy atom. The highest BCUT2D eigenvalue weighted by Gasteiger charge is 2.07. The van der Waals surface area contributed by atoms with Crippen LogP contribution in [-0.2, 0) is 4.74 Å². The van der Waals surface area contributed by atoms with Gasteiger partial charge >= 0.3 is 5.97 Å². The van der Waals surface area contributed by atoms with Crippen molar-refractivity contribution in [3.63, 3.8) is 0 Å². The molecule has 0 heterocycles. The van der Waals surface area contributed by atoms with E-state index in [1.54, 1.807) is 25.3 Å². The van der Waals surface area contributed by atoms with E-state index in [1.807, 2.05) is 6.07 Å². The SMILES string of the molecule is COCCCCCNc1ccccc1C(=O)O. The third-order valence-electron chi connectivity index (χ3n) is 2.50. The zero-order valence-electron chi connectivity index (χ0n) is 10.1. The summed E-state index contributed by atoms with van der Waals surface area (Å²) in [5.74, 6) is -0.896. The van der Waals surface area contributed by atoms with Crippen LogP contribution in [0.1, 0.15) is 29.6 Å². The fourth-order valence-electron chi connectivity index (χ4n) is 1.59. The molecule has 0 spiro atoms. The van der Waals surface area contributed by atoms with Crippen molar-refractivity contribution in [1.29, 1.82) is 0 Å². The van der Waals surface area contributed by atoms with Gasteiger partial charge in [-0.1, -0.05) is 12.1 Å². The molecule has 0 saturated carbocycles. The number of benzene rings is 1. The van der Waals surface area contributed by atoms with Crippen molar-refractivity contribution in [3.05, 3.63) is 29.8 Å². The number of hydrogen-bond acceptors (Lipinski definition) is 3. The Balaban J connectivity index is 2.34. The Hall–Kier alpha value is -1.55. The number of carboxylic acids is 1. The Morgan fingerprint density at radius 1 is 1.29 bits per heavy atom. The number of carbonyl (C=O) groups is 1. The van der Waals surface area contributed by atoms with E-state index in [4.69, 9.17) is 9.84 Å². The zero-order chi connectivity index (χ0) is 12.5. The number of nitrogens with one attached hydrogen (secondary N) is 1. The maximum absolute atomic E-state index is 10.9. The Labute approximate surface area is 102 Å². The molecule has 0 amide bonds. The van der Waals surface area contributed by atoms with E-state index >= 15 is 0 Å². The largest absolute Gasteiger partial charge is 0.478 e. The number of aromatic carboxylic acids is 1. The summed E-state index contributed by atoms with van der Waals surface area (Å²) in [5.41, 5.74) is 1.01. The van der Waals surface area contributed by atoms with Crippen LogP contribution in [0.25, 0.3) is 0 Å². The number of rotatable bonds is 8. The van der Waals surface area contributed by atoms with Crippen molar-refractivity contribution in [2.75, 3.05) is 25.6 Å². The molecule has 0 aliphatic carbocycles. The van der Waals surface area contributed by atoms with Crippen molar-refractivity contribution in [2.24, 2.45) is 0 Å². The maximum Gasteiger partial charge on any atom is 0.337 e. The van der Waals surface area contributed by atoms with E-state index in [1.165, 1.54) is 0 Å². The molecular weight excluding hydrogens is 218 g/mol. The lowest BCUT2D eigenvalue weighted by Gasteiger charge is -2.08. The van der Waals surface area contributed by atoms with Crippen LogP contribution >= 0.6 is 0 Å². The Morgan fingerprint density at radius 3 is 2.76 bits per heavy atom. The van der Waals surface area contributed by atoms with Gasteiger partial charge in [-0.3, -0.25) is 0 Å². The molecule has 1 rings (SSSR count). The summed E-state index contributed by atoms with van der Waals surface area (Å²) in [6.45, 7) is 1.57. The first-order valence-electron chi connectivity index (χ1n) is 5.81. The van der Waals surface area contributed by atoms with Gasteiger partial charge in [-0.05, 0) is 31.4 Å². The highest BCUT2D eigenvalue weighted by atomic mass is 16.5. The van der Waals surface area contributed by atoms with Crippen LogP contribution in [0, 0.1) is 0 Å². The van der Waals surface area contributed by atoms with Gasteiger partial charge in [-0.15, -0.1) is 0 Å². The average molecular weight is 237 g/mol. The van der Waals surface area contributed by atoms with Gasteiger partial charge in [0.15, 0.2) is 0 Å². The van der Waals surface area contributed by atoms with Gasteiger partial charge < -0.3 is 15.2 Å². The fourth-order valence-corrected chi connectivity index (χ4v) is 1.59. The number of hydrogen-bond donors (Lipinski definition) is 2. The molecule has 0 fully saturated rings. The average Bonchev–Trinajstić information content (AvgIpc) is 2.34. The second-order valence-electron chi connectivity index (χ2n) is 3.83. The predicted molar refractivity (Wildman–Crippen MR) is 67.6 cm³/mol. The van der Waals surface area contributed by atoms with Crippen LogP contribution in [0.2, 0.25) is 0 Å². The highest BCUT2D eigenvalue weighted by molar-refractivity contribution is 5.94. The minimum Gasteiger partial charge on any atom is -0.478 e. The van der Waals surface area contributed by atoms with E-state index in [0.717, 1.165) is 32.4 Å². The minimum absolute atomic E-state index is 0.324. The minimum atomic E-state index is -0.896. The summed E-state index contributed by atoms with van der Waals surface area (Å²) >= 11 is 0. The first kappa shape index (κ1) is 13.5. The van der Waals surface area contributed by atoms with Gasteiger partial charge in [0.2, 0.25) is 0 Å². The third kappa shape index (κ3) is 4.87.